The maximum atomic E-state index is 12.5. The summed E-state index contributed by atoms with van der Waals surface area (Å²) in [5.74, 6) is 1.67. The number of aromatic carboxylic acids is 1. The lowest BCUT2D eigenvalue weighted by atomic mass is 9.68. The van der Waals surface area contributed by atoms with Crippen molar-refractivity contribution in [1.29, 1.82) is 0 Å². The number of nitrogens with one attached hydrogen (secondary N) is 1. The van der Waals surface area contributed by atoms with Crippen molar-refractivity contribution in [2.45, 2.75) is 31.3 Å². The lowest BCUT2D eigenvalue weighted by molar-refractivity contribution is -0.468. The van der Waals surface area contributed by atoms with Crippen LogP contribution in [-0.2, 0) is 0 Å². The van der Waals surface area contributed by atoms with Crippen molar-refractivity contribution in [1.82, 2.24) is 5.32 Å². The average molecular weight is 475 g/mol. The summed E-state index contributed by atoms with van der Waals surface area (Å²) in [5.41, 5.74) is 4.45. The number of carboxylic acid groups (broad SMARTS) is 1. The van der Waals surface area contributed by atoms with Crippen LogP contribution in [0, 0.1) is 18.3 Å². The molecule has 1 aliphatic carbocycles. The number of terminal acetylenes is 1. The van der Waals surface area contributed by atoms with Gasteiger partial charge in [0, 0.05) is 55.2 Å². The number of hydrogen-bond donors (Lipinski definition) is 2. The fourth-order valence-corrected chi connectivity index (χ4v) is 5.26. The van der Waals surface area contributed by atoms with Crippen LogP contribution in [0.1, 0.15) is 57.0 Å². The van der Waals surface area contributed by atoms with Crippen LogP contribution in [0.2, 0.25) is 0 Å². The molecule has 182 valence electrons. The number of carbonyl (C=O) groups excluding carboxylic acids is 1. The first-order valence-electron chi connectivity index (χ1n) is 11.8. The molecule has 35 heavy (non-hydrogen) atoms. The average Bonchev–Trinajstić information content (AvgIpc) is 2.84. The Hall–Kier alpha value is -3.79. The Morgan fingerprint density at radius 1 is 1.20 bits per heavy atom. The van der Waals surface area contributed by atoms with Crippen LogP contribution >= 0.6 is 0 Å². The van der Waals surface area contributed by atoms with E-state index >= 15 is 0 Å². The maximum Gasteiger partial charge on any atom is 0.336 e. The van der Waals surface area contributed by atoms with E-state index in [9.17, 15) is 14.7 Å². The molecule has 2 N–H and O–H groups in total. The zero-order valence-electron chi connectivity index (χ0n) is 20.7. The molecular formula is C28H32N3O4+. The van der Waals surface area contributed by atoms with E-state index in [1.807, 2.05) is 31.1 Å². The number of nitrogens with zero attached hydrogens (tertiary/aromatic N) is 2. The lowest BCUT2D eigenvalue weighted by Crippen LogP contribution is -2.43. The van der Waals surface area contributed by atoms with Crippen LogP contribution in [0.25, 0.3) is 0 Å². The molecule has 0 bridgehead atoms. The molecule has 0 aromatic heterocycles. The Labute approximate surface area is 206 Å². The minimum absolute atomic E-state index is 0.0590. The van der Waals surface area contributed by atoms with Crippen LogP contribution in [0.4, 0.5) is 5.69 Å². The van der Waals surface area contributed by atoms with Gasteiger partial charge in [-0.3, -0.25) is 4.79 Å². The van der Waals surface area contributed by atoms with Crippen LogP contribution < -0.4 is 15.0 Å². The highest BCUT2D eigenvalue weighted by molar-refractivity contribution is 5.98. The predicted octanol–water partition coefficient (Wildman–Crippen LogP) is 3.22. The molecule has 1 amide bonds. The molecular weight excluding hydrogens is 442 g/mol. The monoisotopic (exact) mass is 474 g/mol. The normalized spacial score (nSPS) is 20.5. The molecule has 2 aliphatic rings. The number of carbonyl (C=O) groups is 2. The van der Waals surface area contributed by atoms with Crippen LogP contribution in [-0.4, -0.2) is 68.1 Å². The molecule has 1 aliphatic heterocycles. The van der Waals surface area contributed by atoms with Gasteiger partial charge in [0.05, 0.1) is 18.5 Å². The van der Waals surface area contributed by atoms with E-state index in [0.717, 1.165) is 36.3 Å². The summed E-state index contributed by atoms with van der Waals surface area (Å²) in [6, 6.07) is 11.1. The number of anilines is 1. The van der Waals surface area contributed by atoms with E-state index in [4.69, 9.17) is 11.2 Å². The van der Waals surface area contributed by atoms with Crippen molar-refractivity contribution in [3.8, 4) is 18.1 Å². The molecule has 7 heteroatoms. The fraction of sp³-hybridized carbons (Fsp3) is 0.393. The highest BCUT2D eigenvalue weighted by atomic mass is 16.5. The molecule has 1 saturated carbocycles. The number of rotatable bonds is 5. The van der Waals surface area contributed by atoms with Crippen molar-refractivity contribution < 1.29 is 24.0 Å². The first-order valence-corrected chi connectivity index (χ1v) is 11.8. The summed E-state index contributed by atoms with van der Waals surface area (Å²) >= 11 is 0. The number of benzene rings is 2. The highest BCUT2D eigenvalue weighted by Gasteiger charge is 2.44. The second kappa shape index (κ2) is 9.83. The maximum absolute atomic E-state index is 12.5. The summed E-state index contributed by atoms with van der Waals surface area (Å²) in [4.78, 5) is 26.9. The Morgan fingerprint density at radius 2 is 1.94 bits per heavy atom. The quantitative estimate of drug-likeness (QED) is 0.514. The third-order valence-electron chi connectivity index (χ3n) is 7.10. The van der Waals surface area contributed by atoms with E-state index in [-0.39, 0.29) is 41.5 Å². The van der Waals surface area contributed by atoms with Gasteiger partial charge in [-0.25, -0.2) is 9.37 Å². The summed E-state index contributed by atoms with van der Waals surface area (Å²) in [6.45, 7) is 0.0823. The molecule has 4 rings (SSSR count). The summed E-state index contributed by atoms with van der Waals surface area (Å²) < 4.78 is 8.72. The summed E-state index contributed by atoms with van der Waals surface area (Å²) in [7, 11) is 8.08. The Bertz CT molecular complexity index is 1240. The second-order valence-electron chi connectivity index (χ2n) is 9.61. The first-order chi connectivity index (χ1) is 16.7. The van der Waals surface area contributed by atoms with Gasteiger partial charge in [0.25, 0.3) is 5.91 Å². The van der Waals surface area contributed by atoms with Crippen LogP contribution in [0.5, 0.6) is 5.75 Å². The standard InChI is InChI=1S/C28H31N3O4/c1-6-13-29-27(32)17-7-10-20(23(14-17)28(33)34)26-21-11-8-18(30(2)3)15-24(21)35-25-16-19(31(4)5)9-12-22(25)26/h1,7-8,10-11,14-15,22,25-26H,9,12-13,16H2,2-5H3,(H-,29,32,33,34)/p+1. The predicted molar refractivity (Wildman–Crippen MR) is 136 cm³/mol. The van der Waals surface area contributed by atoms with Gasteiger partial charge >= 0.3 is 5.97 Å². The van der Waals surface area contributed by atoms with Gasteiger partial charge in [0.15, 0.2) is 5.71 Å². The minimum atomic E-state index is -1.06. The van der Waals surface area contributed by atoms with E-state index in [2.05, 4.69) is 36.0 Å². The molecule has 0 spiro atoms. The van der Waals surface area contributed by atoms with Gasteiger partial charge in [0.2, 0.25) is 0 Å². The minimum Gasteiger partial charge on any atom is -0.489 e. The molecule has 3 atom stereocenters. The zero-order chi connectivity index (χ0) is 25.3. The number of amides is 1. The van der Waals surface area contributed by atoms with Gasteiger partial charge in [-0.2, -0.15) is 0 Å². The molecule has 2 aromatic carbocycles. The van der Waals surface area contributed by atoms with Crippen molar-refractivity contribution in [2.24, 2.45) is 5.92 Å². The van der Waals surface area contributed by atoms with Gasteiger partial charge in [-0.1, -0.05) is 18.1 Å². The summed E-state index contributed by atoms with van der Waals surface area (Å²) in [5, 5.41) is 12.7. The van der Waals surface area contributed by atoms with Gasteiger partial charge < -0.3 is 20.1 Å². The molecule has 7 nitrogen and oxygen atoms in total. The lowest BCUT2D eigenvalue weighted by Gasteiger charge is -2.43. The Kier molecular flexibility index (Phi) is 6.83. The van der Waals surface area contributed by atoms with Crippen molar-refractivity contribution in [3.05, 3.63) is 58.7 Å². The van der Waals surface area contributed by atoms with Crippen molar-refractivity contribution >= 4 is 23.3 Å². The van der Waals surface area contributed by atoms with E-state index in [1.54, 1.807) is 12.1 Å². The molecule has 1 fully saturated rings. The molecule has 0 saturated heterocycles. The van der Waals surface area contributed by atoms with Gasteiger partial charge in [-0.15, -0.1) is 6.42 Å². The number of hydrogen-bond acceptors (Lipinski definition) is 4. The largest absolute Gasteiger partial charge is 0.489 e. The Balaban J connectivity index is 1.84. The molecule has 2 aromatic rings. The van der Waals surface area contributed by atoms with E-state index in [1.165, 1.54) is 11.8 Å². The smallest absolute Gasteiger partial charge is 0.336 e. The highest BCUT2D eigenvalue weighted by Crippen LogP contribution is 2.50. The first kappa shape index (κ1) is 24.3. The molecule has 0 radical (unpaired) electrons. The van der Waals surface area contributed by atoms with Crippen molar-refractivity contribution in [3.63, 3.8) is 0 Å². The molecule has 1 heterocycles. The third kappa shape index (κ3) is 4.74. The van der Waals surface area contributed by atoms with E-state index in [0.29, 0.717) is 5.56 Å². The number of ether oxygens (including phenoxy) is 1. The zero-order valence-corrected chi connectivity index (χ0v) is 20.7. The second-order valence-corrected chi connectivity index (χ2v) is 9.61. The van der Waals surface area contributed by atoms with E-state index < -0.39 is 5.97 Å². The fourth-order valence-electron chi connectivity index (χ4n) is 5.26. The SMILES string of the molecule is C#CCNC(=O)c1ccc(C2c3ccc(N(C)C)cc3OC3CC(=[N+](C)C)CCC32)c(C(=O)O)c1. The van der Waals surface area contributed by atoms with Gasteiger partial charge in [-0.05, 0) is 30.2 Å². The topological polar surface area (TPSA) is 81.9 Å². The molecule has 3 unspecified atom stereocenters. The number of carboxylic acids is 1. The van der Waals surface area contributed by atoms with Crippen molar-refractivity contribution in [2.75, 3.05) is 39.6 Å². The van der Waals surface area contributed by atoms with Crippen LogP contribution in [0.3, 0.4) is 0 Å². The van der Waals surface area contributed by atoms with Crippen LogP contribution in [0.15, 0.2) is 36.4 Å². The van der Waals surface area contributed by atoms with Gasteiger partial charge in [0.1, 0.15) is 25.9 Å². The number of fused-ring (bicyclic) bond motifs is 2. The summed E-state index contributed by atoms with van der Waals surface area (Å²) in [6.07, 6.45) is 7.81. The Morgan fingerprint density at radius 3 is 2.60 bits per heavy atom. The third-order valence-corrected chi connectivity index (χ3v) is 7.10.